The number of pyridine rings is 1. The Bertz CT molecular complexity index is 1010. The van der Waals surface area contributed by atoms with Gasteiger partial charge in [-0.15, -0.1) is 0 Å². The predicted molar refractivity (Wildman–Crippen MR) is 95.3 cm³/mol. The van der Waals surface area contributed by atoms with E-state index in [2.05, 4.69) is 4.98 Å². The van der Waals surface area contributed by atoms with E-state index >= 15 is 0 Å². The van der Waals surface area contributed by atoms with E-state index in [1.165, 1.54) is 24.4 Å². The lowest BCUT2D eigenvalue weighted by Gasteiger charge is -2.12. The van der Waals surface area contributed by atoms with Crippen LogP contribution in [0.15, 0.2) is 59.8 Å². The average molecular weight is 395 g/mol. The van der Waals surface area contributed by atoms with Crippen LogP contribution in [0, 0.1) is 5.92 Å². The Labute approximate surface area is 154 Å². The second-order valence-electron chi connectivity index (χ2n) is 6.24. The molecule has 27 heavy (non-hydrogen) atoms. The molecule has 0 fully saturated rings. The van der Waals surface area contributed by atoms with Crippen LogP contribution in [0.2, 0.25) is 0 Å². The zero-order valence-electron chi connectivity index (χ0n) is 14.2. The maximum Gasteiger partial charge on any atom is 0.416 e. The molecule has 1 atom stereocenters. The molecule has 8 heteroatoms. The van der Waals surface area contributed by atoms with E-state index in [0.29, 0.717) is 22.3 Å². The summed E-state index contributed by atoms with van der Waals surface area (Å²) in [6.07, 6.45) is 1.59. The first-order valence-electron chi connectivity index (χ1n) is 7.98. The molecule has 0 saturated carbocycles. The Hall–Kier alpha value is -2.45. The first-order chi connectivity index (χ1) is 12.6. The van der Waals surface area contributed by atoms with Crippen LogP contribution in [-0.4, -0.2) is 31.4 Å². The van der Waals surface area contributed by atoms with Gasteiger partial charge in [0.15, 0.2) is 14.9 Å². The quantitative estimate of drug-likeness (QED) is 0.859. The lowest BCUT2D eigenvalue weighted by atomic mass is 9.95. The van der Waals surface area contributed by atoms with Crippen molar-refractivity contribution in [3.8, 4) is 0 Å². The Balaban J connectivity index is 1.98. The largest absolute Gasteiger partial charge is 0.416 e. The van der Waals surface area contributed by atoms with Crippen LogP contribution in [-0.2, 0) is 16.0 Å². The van der Waals surface area contributed by atoms with Crippen molar-refractivity contribution in [1.29, 1.82) is 0 Å². The van der Waals surface area contributed by atoms with E-state index in [1.54, 1.807) is 18.2 Å². The molecule has 1 aromatic heterocycles. The van der Waals surface area contributed by atoms with E-state index < -0.39 is 21.6 Å². The smallest absolute Gasteiger partial charge is 0.395 e. The summed E-state index contributed by atoms with van der Waals surface area (Å²) < 4.78 is 61.4. The zero-order chi connectivity index (χ0) is 19.8. The predicted octanol–water partition coefficient (Wildman–Crippen LogP) is 3.59. The van der Waals surface area contributed by atoms with Gasteiger partial charge in [0, 0.05) is 23.9 Å². The van der Waals surface area contributed by atoms with Gasteiger partial charge in [-0.1, -0.05) is 24.3 Å². The Morgan fingerprint density at radius 2 is 1.56 bits per heavy atom. The summed E-state index contributed by atoms with van der Waals surface area (Å²) in [7, 11) is -3.43. The van der Waals surface area contributed by atoms with Crippen molar-refractivity contribution in [2.75, 3.05) is 12.9 Å². The zero-order valence-corrected chi connectivity index (χ0v) is 15.1. The number of sulfone groups is 1. The average Bonchev–Trinajstić information content (AvgIpc) is 3.05. The van der Waals surface area contributed by atoms with Gasteiger partial charge in [-0.05, 0) is 41.0 Å². The Morgan fingerprint density at radius 1 is 1.00 bits per heavy atom. The molecule has 1 heterocycles. The topological polar surface area (TPSA) is 67.3 Å². The number of aromatic nitrogens is 1. The van der Waals surface area contributed by atoms with E-state index in [1.807, 2.05) is 0 Å². The molecule has 0 spiro atoms. The lowest BCUT2D eigenvalue weighted by Crippen LogP contribution is -2.04. The van der Waals surface area contributed by atoms with Crippen molar-refractivity contribution in [2.24, 2.45) is 5.92 Å². The van der Waals surface area contributed by atoms with Gasteiger partial charge in [0.2, 0.25) is 0 Å². The van der Waals surface area contributed by atoms with Crippen molar-refractivity contribution in [3.05, 3.63) is 71.4 Å². The number of allylic oxidation sites excluding steroid dienone is 2. The summed E-state index contributed by atoms with van der Waals surface area (Å²) in [6.45, 7) is -0.150. The Kier molecular flexibility index (Phi) is 4.96. The van der Waals surface area contributed by atoms with Crippen LogP contribution in [0.4, 0.5) is 13.2 Å². The van der Waals surface area contributed by atoms with E-state index in [9.17, 15) is 26.7 Å². The normalized spacial score (nSPS) is 17.6. The molecule has 4 nitrogen and oxygen atoms in total. The molecule has 0 radical (unpaired) electrons. The van der Waals surface area contributed by atoms with Crippen LogP contribution in [0.3, 0.4) is 0 Å². The molecular formula is C19H16F3NO3S. The van der Waals surface area contributed by atoms with Gasteiger partial charge in [0.25, 0.3) is 0 Å². The highest BCUT2D eigenvalue weighted by molar-refractivity contribution is 7.90. The van der Waals surface area contributed by atoms with Gasteiger partial charge in [-0.25, -0.2) is 13.4 Å². The molecule has 0 bridgehead atoms. The summed E-state index contributed by atoms with van der Waals surface area (Å²) in [4.78, 5) is 3.95. The summed E-state index contributed by atoms with van der Waals surface area (Å²) >= 11 is 0. The second-order valence-corrected chi connectivity index (χ2v) is 8.20. The number of rotatable bonds is 4. The van der Waals surface area contributed by atoms with Crippen molar-refractivity contribution in [1.82, 2.24) is 4.98 Å². The summed E-state index contributed by atoms with van der Waals surface area (Å²) in [5.41, 5.74) is 1.79. The van der Waals surface area contributed by atoms with Crippen LogP contribution in [0.1, 0.15) is 16.7 Å². The van der Waals surface area contributed by atoms with Gasteiger partial charge in [0.1, 0.15) is 0 Å². The fourth-order valence-corrected chi connectivity index (χ4v) is 3.42. The highest BCUT2D eigenvalue weighted by atomic mass is 32.2. The highest BCUT2D eigenvalue weighted by Gasteiger charge is 2.30. The molecule has 0 aliphatic heterocycles. The molecule has 1 N–H and O–H groups in total. The molecule has 0 amide bonds. The van der Waals surface area contributed by atoms with Gasteiger partial charge in [-0.2, -0.15) is 13.2 Å². The third kappa shape index (κ3) is 4.12. The van der Waals surface area contributed by atoms with Crippen molar-refractivity contribution < 1.29 is 26.7 Å². The number of nitrogens with zero attached hydrogens (tertiary/aromatic N) is 1. The second kappa shape index (κ2) is 6.94. The van der Waals surface area contributed by atoms with E-state index in [-0.39, 0.29) is 17.6 Å². The Morgan fingerprint density at radius 3 is 2.00 bits per heavy atom. The minimum Gasteiger partial charge on any atom is -0.395 e. The molecular weight excluding hydrogens is 379 g/mol. The molecule has 3 rings (SSSR count). The maximum absolute atomic E-state index is 12.8. The van der Waals surface area contributed by atoms with Crippen molar-refractivity contribution in [2.45, 2.75) is 11.2 Å². The van der Waals surface area contributed by atoms with Crippen molar-refractivity contribution in [3.63, 3.8) is 0 Å². The molecule has 2 aromatic rings. The SMILES string of the molecule is CS(=O)(=O)c1ccc(C2=CC(CO)C=C2c2ccc(C(F)(F)F)cc2)cn1. The fourth-order valence-electron chi connectivity index (χ4n) is 2.86. The minimum atomic E-state index is -4.42. The van der Waals surface area contributed by atoms with Crippen LogP contribution >= 0.6 is 0 Å². The van der Waals surface area contributed by atoms with Crippen LogP contribution in [0.25, 0.3) is 11.1 Å². The number of hydrogen-bond donors (Lipinski definition) is 1. The number of alkyl halides is 3. The highest BCUT2D eigenvalue weighted by Crippen LogP contribution is 2.39. The van der Waals surface area contributed by atoms with Gasteiger partial charge in [-0.3, -0.25) is 0 Å². The number of aliphatic hydroxyl groups excluding tert-OH is 1. The maximum atomic E-state index is 12.8. The number of halogens is 3. The number of hydrogen-bond acceptors (Lipinski definition) is 4. The number of aliphatic hydroxyl groups is 1. The van der Waals surface area contributed by atoms with Gasteiger partial charge in [0.05, 0.1) is 12.2 Å². The summed E-state index contributed by atoms with van der Waals surface area (Å²) in [5.74, 6) is -0.285. The third-order valence-electron chi connectivity index (χ3n) is 4.21. The number of benzene rings is 1. The standard InChI is InChI=1S/C19H16F3NO3S/c1-27(25,26)18-7-4-14(10-23-18)17-9-12(11-24)8-16(17)13-2-5-15(6-3-13)19(20,21)22/h2-10,12,24H,11H2,1H3. The lowest BCUT2D eigenvalue weighted by molar-refractivity contribution is -0.137. The first kappa shape index (κ1) is 19.3. The van der Waals surface area contributed by atoms with Gasteiger partial charge < -0.3 is 5.11 Å². The molecule has 1 unspecified atom stereocenters. The van der Waals surface area contributed by atoms with Crippen LogP contribution < -0.4 is 0 Å². The van der Waals surface area contributed by atoms with Gasteiger partial charge >= 0.3 is 6.18 Å². The van der Waals surface area contributed by atoms with Crippen LogP contribution in [0.5, 0.6) is 0 Å². The fraction of sp³-hybridized carbons (Fsp3) is 0.211. The molecule has 1 aromatic carbocycles. The molecule has 0 saturated heterocycles. The first-order valence-corrected chi connectivity index (χ1v) is 9.88. The molecule has 1 aliphatic rings. The molecule has 1 aliphatic carbocycles. The van der Waals surface area contributed by atoms with E-state index in [0.717, 1.165) is 18.4 Å². The minimum absolute atomic E-state index is 0.0661. The summed E-state index contributed by atoms with van der Waals surface area (Å²) in [6, 6.07) is 7.73. The molecule has 142 valence electrons. The summed E-state index contributed by atoms with van der Waals surface area (Å²) in [5, 5.41) is 9.40. The third-order valence-corrected chi connectivity index (χ3v) is 5.21. The van der Waals surface area contributed by atoms with E-state index in [4.69, 9.17) is 0 Å². The monoisotopic (exact) mass is 395 g/mol. The van der Waals surface area contributed by atoms with Crippen molar-refractivity contribution >= 4 is 21.0 Å².